The van der Waals surface area contributed by atoms with Crippen molar-refractivity contribution in [2.45, 2.75) is 32.1 Å². The van der Waals surface area contributed by atoms with Crippen LogP contribution in [0.4, 0.5) is 0 Å². The van der Waals surface area contributed by atoms with Crippen LogP contribution in [0.5, 0.6) is 0 Å². The van der Waals surface area contributed by atoms with E-state index in [-0.39, 0.29) is 12.8 Å². The van der Waals surface area contributed by atoms with Crippen molar-refractivity contribution in [3.63, 3.8) is 0 Å². The first-order valence-corrected chi connectivity index (χ1v) is 6.51. The largest absolute Gasteiger partial charge is 0.481 e. The smallest absolute Gasteiger partial charge is 0.307 e. The van der Waals surface area contributed by atoms with E-state index in [0.717, 1.165) is 0 Å². The summed E-state index contributed by atoms with van der Waals surface area (Å²) in [5.74, 6) is -9.68. The van der Waals surface area contributed by atoms with Gasteiger partial charge >= 0.3 is 23.9 Å². The summed E-state index contributed by atoms with van der Waals surface area (Å²) in [5, 5.41) is 36.3. The molecule has 1 aliphatic rings. The molecule has 1 fully saturated rings. The van der Waals surface area contributed by atoms with E-state index in [2.05, 4.69) is 0 Å². The van der Waals surface area contributed by atoms with Crippen LogP contribution in [0.15, 0.2) is 0 Å². The topological polar surface area (TPSA) is 166 Å². The van der Waals surface area contributed by atoms with Crippen LogP contribution in [0, 0.1) is 17.3 Å². The average Bonchev–Trinajstić information content (AvgIpc) is 2.75. The zero-order chi connectivity index (χ0) is 17.1. The molecule has 9 heteroatoms. The standard InChI is InChI=1S/C13H16O9/c14-6-1-2-13(5-6,7(11(19)20)3-9(15)16)8(12(21)22)4-10(17)18/h7-8H,1-5H2,(H,15,16)(H,17,18)(H,19,20)(H,21,22). The molecule has 22 heavy (non-hydrogen) atoms. The van der Waals surface area contributed by atoms with Crippen LogP contribution in [0.1, 0.15) is 32.1 Å². The lowest BCUT2D eigenvalue weighted by atomic mass is 9.63. The van der Waals surface area contributed by atoms with Gasteiger partial charge in [0.2, 0.25) is 0 Å². The molecular formula is C13H16O9. The Morgan fingerprint density at radius 2 is 1.32 bits per heavy atom. The zero-order valence-corrected chi connectivity index (χ0v) is 11.5. The first-order valence-electron chi connectivity index (χ1n) is 6.51. The van der Waals surface area contributed by atoms with Crippen molar-refractivity contribution in [1.82, 2.24) is 0 Å². The number of rotatable bonds is 8. The van der Waals surface area contributed by atoms with Crippen LogP contribution in [-0.4, -0.2) is 50.1 Å². The molecule has 0 amide bonds. The van der Waals surface area contributed by atoms with Gasteiger partial charge in [-0.25, -0.2) is 0 Å². The van der Waals surface area contributed by atoms with Gasteiger partial charge in [-0.3, -0.25) is 24.0 Å². The number of hydrogen-bond acceptors (Lipinski definition) is 5. The fourth-order valence-electron chi connectivity index (χ4n) is 3.18. The van der Waals surface area contributed by atoms with E-state index in [9.17, 15) is 34.2 Å². The third-order valence-corrected chi connectivity index (χ3v) is 4.14. The second kappa shape index (κ2) is 6.54. The second-order valence-electron chi connectivity index (χ2n) is 5.43. The van der Waals surface area contributed by atoms with Crippen molar-refractivity contribution in [1.29, 1.82) is 0 Å². The molecule has 0 aromatic rings. The van der Waals surface area contributed by atoms with Crippen LogP contribution in [-0.2, 0) is 24.0 Å². The Kier molecular flexibility index (Phi) is 5.23. The number of carbonyl (C=O) groups excluding carboxylic acids is 1. The normalized spacial score (nSPS) is 23.7. The lowest BCUT2D eigenvalue weighted by Gasteiger charge is -2.38. The van der Waals surface area contributed by atoms with Gasteiger partial charge in [-0.2, -0.15) is 0 Å². The molecule has 2 unspecified atom stereocenters. The Balaban J connectivity index is 3.36. The van der Waals surface area contributed by atoms with Crippen molar-refractivity contribution >= 4 is 29.7 Å². The summed E-state index contributed by atoms with van der Waals surface area (Å²) in [7, 11) is 0. The van der Waals surface area contributed by atoms with Gasteiger partial charge in [0, 0.05) is 18.3 Å². The van der Waals surface area contributed by atoms with E-state index >= 15 is 0 Å². The van der Waals surface area contributed by atoms with Crippen LogP contribution in [0.3, 0.4) is 0 Å². The number of hydrogen-bond donors (Lipinski definition) is 4. The van der Waals surface area contributed by atoms with Crippen molar-refractivity contribution in [2.24, 2.45) is 17.3 Å². The van der Waals surface area contributed by atoms with Crippen molar-refractivity contribution in [2.75, 3.05) is 0 Å². The minimum absolute atomic E-state index is 0.0905. The Hall–Kier alpha value is -2.45. The summed E-state index contributed by atoms with van der Waals surface area (Å²) in [6, 6.07) is 0. The highest BCUT2D eigenvalue weighted by atomic mass is 16.4. The second-order valence-corrected chi connectivity index (χ2v) is 5.43. The zero-order valence-electron chi connectivity index (χ0n) is 11.5. The number of ketones is 1. The molecule has 0 spiro atoms. The molecule has 1 aliphatic carbocycles. The third-order valence-electron chi connectivity index (χ3n) is 4.14. The summed E-state index contributed by atoms with van der Waals surface area (Å²) < 4.78 is 0. The average molecular weight is 316 g/mol. The molecule has 0 aliphatic heterocycles. The Labute approximate surface area is 124 Å². The third kappa shape index (κ3) is 3.60. The molecule has 0 heterocycles. The van der Waals surface area contributed by atoms with Gasteiger partial charge in [0.15, 0.2) is 0 Å². The van der Waals surface area contributed by atoms with Crippen LogP contribution in [0.2, 0.25) is 0 Å². The predicted octanol–water partition coefficient (Wildman–Crippen LogP) is 0.0768. The van der Waals surface area contributed by atoms with Crippen molar-refractivity contribution in [3.8, 4) is 0 Å². The molecular weight excluding hydrogens is 300 g/mol. The van der Waals surface area contributed by atoms with Gasteiger partial charge < -0.3 is 20.4 Å². The minimum atomic E-state index is -1.70. The van der Waals surface area contributed by atoms with Gasteiger partial charge in [0.05, 0.1) is 24.7 Å². The van der Waals surface area contributed by atoms with E-state index in [4.69, 9.17) is 10.2 Å². The van der Waals surface area contributed by atoms with E-state index in [0.29, 0.717) is 0 Å². The van der Waals surface area contributed by atoms with Crippen LogP contribution < -0.4 is 0 Å². The number of aliphatic carboxylic acids is 4. The van der Waals surface area contributed by atoms with Gasteiger partial charge in [-0.15, -0.1) is 0 Å². The maximum atomic E-state index is 11.6. The predicted molar refractivity (Wildman–Crippen MR) is 68.0 cm³/mol. The first-order chi connectivity index (χ1) is 10.1. The van der Waals surface area contributed by atoms with E-state index in [1.165, 1.54) is 0 Å². The van der Waals surface area contributed by atoms with Crippen LogP contribution in [0.25, 0.3) is 0 Å². The monoisotopic (exact) mass is 316 g/mol. The molecule has 0 aromatic carbocycles. The summed E-state index contributed by atoms with van der Waals surface area (Å²) in [6.07, 6.45) is -2.42. The SMILES string of the molecule is O=C(O)CC(C(=O)O)C1(C(CC(=O)O)C(=O)O)CCC(=O)C1. The number of carboxylic acids is 4. The van der Waals surface area contributed by atoms with Gasteiger partial charge in [-0.05, 0) is 6.42 Å². The molecule has 122 valence electrons. The molecule has 1 saturated carbocycles. The maximum absolute atomic E-state index is 11.6. The van der Waals surface area contributed by atoms with E-state index in [1.807, 2.05) is 0 Å². The number of carbonyl (C=O) groups is 5. The maximum Gasteiger partial charge on any atom is 0.307 e. The van der Waals surface area contributed by atoms with Crippen molar-refractivity contribution < 1.29 is 44.4 Å². The Morgan fingerprint density at radius 1 is 0.909 bits per heavy atom. The summed E-state index contributed by atoms with van der Waals surface area (Å²) in [6.45, 7) is 0. The first kappa shape index (κ1) is 17.6. The molecule has 0 radical (unpaired) electrons. The Morgan fingerprint density at radius 3 is 1.55 bits per heavy atom. The number of Topliss-reactive ketones (excluding diaryl/α,β-unsaturated/α-hetero) is 1. The summed E-state index contributed by atoms with van der Waals surface area (Å²) in [4.78, 5) is 56.3. The lowest BCUT2D eigenvalue weighted by Crippen LogP contribution is -2.45. The number of carboxylic acid groups (broad SMARTS) is 4. The van der Waals surface area contributed by atoms with Gasteiger partial charge in [-0.1, -0.05) is 0 Å². The van der Waals surface area contributed by atoms with Crippen molar-refractivity contribution in [3.05, 3.63) is 0 Å². The molecule has 2 atom stereocenters. The van der Waals surface area contributed by atoms with E-state index < -0.39 is 66.2 Å². The molecule has 0 bridgehead atoms. The molecule has 9 nitrogen and oxygen atoms in total. The highest BCUT2D eigenvalue weighted by Crippen LogP contribution is 2.51. The lowest BCUT2D eigenvalue weighted by molar-refractivity contribution is -0.164. The Bertz CT molecular complexity index is 488. The highest BCUT2D eigenvalue weighted by molar-refractivity contribution is 5.88. The fraction of sp³-hybridized carbons (Fsp3) is 0.615. The molecule has 0 saturated heterocycles. The summed E-state index contributed by atoms with van der Waals surface area (Å²) >= 11 is 0. The minimum Gasteiger partial charge on any atom is -0.481 e. The van der Waals surface area contributed by atoms with Gasteiger partial charge in [0.25, 0.3) is 0 Å². The van der Waals surface area contributed by atoms with E-state index in [1.54, 1.807) is 0 Å². The molecule has 1 rings (SSSR count). The molecule has 0 aromatic heterocycles. The molecule has 4 N–H and O–H groups in total. The quantitative estimate of drug-likeness (QED) is 0.484. The van der Waals surface area contributed by atoms with Gasteiger partial charge in [0.1, 0.15) is 5.78 Å². The van der Waals surface area contributed by atoms with Crippen LogP contribution >= 0.6 is 0 Å². The highest BCUT2D eigenvalue weighted by Gasteiger charge is 2.56. The fourth-order valence-corrected chi connectivity index (χ4v) is 3.18. The summed E-state index contributed by atoms with van der Waals surface area (Å²) in [5.41, 5.74) is -1.70.